The Kier molecular flexibility index (Phi) is 7.42. The van der Waals surface area contributed by atoms with Gasteiger partial charge in [0.1, 0.15) is 11.4 Å². The Morgan fingerprint density at radius 1 is 1.03 bits per heavy atom. The van der Waals surface area contributed by atoms with E-state index >= 15 is 0 Å². The fourth-order valence-electron chi connectivity index (χ4n) is 5.55. The third-order valence-corrected chi connectivity index (χ3v) is 7.43. The van der Waals surface area contributed by atoms with Crippen LogP contribution in [0.4, 0.5) is 4.79 Å². The van der Waals surface area contributed by atoms with Crippen molar-refractivity contribution in [1.82, 2.24) is 14.7 Å². The van der Waals surface area contributed by atoms with Crippen LogP contribution in [0.3, 0.4) is 0 Å². The predicted molar refractivity (Wildman–Crippen MR) is 124 cm³/mol. The van der Waals surface area contributed by atoms with Gasteiger partial charge in [0, 0.05) is 37.5 Å². The molecular weight excluding hydrogens is 390 g/mol. The van der Waals surface area contributed by atoms with Crippen molar-refractivity contribution in [3.05, 3.63) is 0 Å². The number of carbonyl (C=O) groups excluding carboxylic acids is 2. The molecule has 0 radical (unpaired) electrons. The van der Waals surface area contributed by atoms with Crippen LogP contribution in [0.5, 0.6) is 0 Å². The molecule has 2 unspecified atom stereocenters. The van der Waals surface area contributed by atoms with Crippen molar-refractivity contribution in [1.29, 1.82) is 0 Å². The molecule has 2 bridgehead atoms. The molecule has 6 nitrogen and oxygen atoms in total. The topological polar surface area (TPSA) is 53.1 Å². The van der Waals surface area contributed by atoms with Crippen LogP contribution >= 0.6 is 0 Å². The zero-order valence-corrected chi connectivity index (χ0v) is 20.9. The SMILES string of the molecule is CC(C)CCC(=O)C1(CN2CC3CC(C2)N3C(=O)OC(C)(C)C)CCN(C(C)C)CC1. The first-order chi connectivity index (χ1) is 14.4. The number of piperazine rings is 1. The summed E-state index contributed by atoms with van der Waals surface area (Å²) in [4.78, 5) is 33.0. The van der Waals surface area contributed by atoms with Crippen LogP contribution < -0.4 is 0 Å². The Bertz CT molecular complexity index is 635. The Morgan fingerprint density at radius 2 is 1.61 bits per heavy atom. The molecule has 178 valence electrons. The van der Waals surface area contributed by atoms with Crippen LogP contribution in [0.1, 0.15) is 80.6 Å². The standard InChI is InChI=1S/C25H45N3O3/c1-18(2)8-9-22(29)25(10-12-27(13-11-25)19(3)4)17-26-15-20-14-21(16-26)28(20)23(30)31-24(5,6)7/h18-21H,8-17H2,1-7H3. The van der Waals surface area contributed by atoms with E-state index in [1.54, 1.807) is 0 Å². The molecule has 4 fully saturated rings. The Balaban J connectivity index is 1.63. The Morgan fingerprint density at radius 3 is 2.10 bits per heavy atom. The lowest BCUT2D eigenvalue weighted by atomic mass is 9.71. The summed E-state index contributed by atoms with van der Waals surface area (Å²) in [7, 11) is 0. The Labute approximate surface area is 189 Å². The van der Waals surface area contributed by atoms with Gasteiger partial charge in [0.25, 0.3) is 0 Å². The van der Waals surface area contributed by atoms with E-state index in [4.69, 9.17) is 4.74 Å². The number of hydrogen-bond donors (Lipinski definition) is 0. The van der Waals surface area contributed by atoms with Crippen molar-refractivity contribution >= 4 is 11.9 Å². The van der Waals surface area contributed by atoms with Gasteiger partial charge in [-0.2, -0.15) is 0 Å². The summed E-state index contributed by atoms with van der Waals surface area (Å²) in [5.74, 6) is 1.02. The number of Topliss-reactive ketones (excluding diaryl/α,β-unsaturated/α-hetero) is 1. The number of nitrogens with zero attached hydrogens (tertiary/aromatic N) is 3. The summed E-state index contributed by atoms with van der Waals surface area (Å²) in [5, 5.41) is 0. The van der Waals surface area contributed by atoms with Crippen molar-refractivity contribution in [2.24, 2.45) is 11.3 Å². The van der Waals surface area contributed by atoms with Gasteiger partial charge < -0.3 is 9.64 Å². The number of piperidine rings is 2. The molecule has 0 aromatic heterocycles. The zero-order chi connectivity index (χ0) is 23.0. The monoisotopic (exact) mass is 435 g/mol. The summed E-state index contributed by atoms with van der Waals surface area (Å²) in [6, 6.07) is 0.994. The minimum absolute atomic E-state index is 0.179. The van der Waals surface area contributed by atoms with Crippen molar-refractivity contribution in [2.75, 3.05) is 32.7 Å². The molecule has 4 rings (SSSR count). The highest BCUT2D eigenvalue weighted by Gasteiger charge is 2.51. The molecule has 4 saturated heterocycles. The second kappa shape index (κ2) is 9.38. The maximum Gasteiger partial charge on any atom is 0.410 e. The quantitative estimate of drug-likeness (QED) is 0.601. The van der Waals surface area contributed by atoms with E-state index in [1.807, 2.05) is 25.7 Å². The molecule has 1 amide bonds. The number of ketones is 1. The lowest BCUT2D eigenvalue weighted by Crippen LogP contribution is -2.71. The molecule has 4 heterocycles. The van der Waals surface area contributed by atoms with E-state index in [-0.39, 0.29) is 23.6 Å². The van der Waals surface area contributed by atoms with Crippen LogP contribution in [0, 0.1) is 11.3 Å². The molecule has 0 saturated carbocycles. The van der Waals surface area contributed by atoms with Crippen LogP contribution in [0.2, 0.25) is 0 Å². The van der Waals surface area contributed by atoms with E-state index in [2.05, 4.69) is 37.5 Å². The van der Waals surface area contributed by atoms with Gasteiger partial charge in [0.2, 0.25) is 0 Å². The fraction of sp³-hybridized carbons (Fsp3) is 0.920. The molecule has 0 spiro atoms. The molecule has 6 heteroatoms. The predicted octanol–water partition coefficient (Wildman–Crippen LogP) is 4.18. The third kappa shape index (κ3) is 5.81. The average Bonchev–Trinajstić information content (AvgIpc) is 2.64. The van der Waals surface area contributed by atoms with Crippen molar-refractivity contribution in [2.45, 2.75) is 104 Å². The first kappa shape index (κ1) is 24.5. The van der Waals surface area contributed by atoms with Crippen LogP contribution in [-0.4, -0.2) is 83.0 Å². The number of rotatable bonds is 7. The first-order valence-corrected chi connectivity index (χ1v) is 12.4. The fourth-order valence-corrected chi connectivity index (χ4v) is 5.55. The molecule has 0 N–H and O–H groups in total. The van der Waals surface area contributed by atoms with E-state index < -0.39 is 5.60 Å². The van der Waals surface area contributed by atoms with Crippen molar-refractivity contribution in [3.8, 4) is 0 Å². The molecule has 2 atom stereocenters. The molecule has 0 aromatic carbocycles. The van der Waals surface area contributed by atoms with Gasteiger partial charge in [-0.15, -0.1) is 0 Å². The zero-order valence-electron chi connectivity index (χ0n) is 20.9. The van der Waals surface area contributed by atoms with Crippen LogP contribution in [0.15, 0.2) is 0 Å². The smallest absolute Gasteiger partial charge is 0.410 e. The second-order valence-electron chi connectivity index (χ2n) is 11.9. The second-order valence-corrected chi connectivity index (χ2v) is 11.9. The van der Waals surface area contributed by atoms with Crippen molar-refractivity contribution in [3.63, 3.8) is 0 Å². The third-order valence-electron chi connectivity index (χ3n) is 7.43. The number of likely N-dealkylation sites (tertiary alicyclic amines) is 1. The van der Waals surface area contributed by atoms with Crippen LogP contribution in [0.25, 0.3) is 0 Å². The molecule has 31 heavy (non-hydrogen) atoms. The molecule has 4 aliphatic rings. The van der Waals surface area contributed by atoms with E-state index in [0.717, 1.165) is 58.4 Å². The normalized spacial score (nSPS) is 26.8. The molecule has 0 aromatic rings. The highest BCUT2D eigenvalue weighted by molar-refractivity contribution is 5.85. The number of fused-ring (bicyclic) bond motifs is 2. The van der Waals surface area contributed by atoms with Gasteiger partial charge >= 0.3 is 6.09 Å². The summed E-state index contributed by atoms with van der Waals surface area (Å²) in [5.41, 5.74) is -0.682. The maximum absolute atomic E-state index is 13.5. The lowest BCUT2D eigenvalue weighted by molar-refractivity contribution is -0.137. The Hall–Kier alpha value is -1.14. The van der Waals surface area contributed by atoms with E-state index in [0.29, 0.717) is 24.2 Å². The minimum Gasteiger partial charge on any atom is -0.444 e. The average molecular weight is 436 g/mol. The number of carbonyl (C=O) groups is 2. The highest BCUT2D eigenvalue weighted by Crippen LogP contribution is 2.40. The van der Waals surface area contributed by atoms with Gasteiger partial charge in [-0.25, -0.2) is 4.79 Å². The first-order valence-electron chi connectivity index (χ1n) is 12.4. The summed E-state index contributed by atoms with van der Waals surface area (Å²) in [6.07, 6.45) is 4.48. The van der Waals surface area contributed by atoms with E-state index in [1.165, 1.54) is 0 Å². The molecular formula is C25H45N3O3. The van der Waals surface area contributed by atoms with Gasteiger partial charge in [-0.1, -0.05) is 13.8 Å². The molecule has 0 aliphatic carbocycles. The number of hydrogen-bond acceptors (Lipinski definition) is 5. The maximum atomic E-state index is 13.5. The summed E-state index contributed by atoms with van der Waals surface area (Å²) in [6.45, 7) is 19.3. The largest absolute Gasteiger partial charge is 0.444 e. The van der Waals surface area contributed by atoms with Gasteiger partial charge in [0.15, 0.2) is 0 Å². The van der Waals surface area contributed by atoms with Crippen molar-refractivity contribution < 1.29 is 14.3 Å². The summed E-state index contributed by atoms with van der Waals surface area (Å²) < 4.78 is 5.62. The summed E-state index contributed by atoms with van der Waals surface area (Å²) >= 11 is 0. The highest BCUT2D eigenvalue weighted by atomic mass is 16.6. The van der Waals surface area contributed by atoms with Gasteiger partial charge in [-0.3, -0.25) is 14.6 Å². The number of amides is 1. The molecule has 4 aliphatic heterocycles. The lowest BCUT2D eigenvalue weighted by Gasteiger charge is -2.57. The van der Waals surface area contributed by atoms with Gasteiger partial charge in [-0.05, 0) is 79.3 Å². The van der Waals surface area contributed by atoms with Gasteiger partial charge in [0.05, 0.1) is 12.1 Å². The minimum atomic E-state index is -0.460. The van der Waals surface area contributed by atoms with Crippen LogP contribution in [-0.2, 0) is 9.53 Å². The van der Waals surface area contributed by atoms with E-state index in [9.17, 15) is 9.59 Å². The number of ether oxygens (including phenoxy) is 1.